The molecule has 3 amide bonds. The van der Waals surface area contributed by atoms with E-state index in [0.717, 1.165) is 12.1 Å². The van der Waals surface area contributed by atoms with Crippen molar-refractivity contribution in [3.8, 4) is 22.6 Å². The van der Waals surface area contributed by atoms with Crippen molar-refractivity contribution in [3.63, 3.8) is 0 Å². The second-order valence-electron chi connectivity index (χ2n) is 8.44. The van der Waals surface area contributed by atoms with E-state index in [0.29, 0.717) is 9.91 Å². The molecule has 0 aliphatic heterocycles. The molecule has 0 unspecified atom stereocenters. The van der Waals surface area contributed by atoms with Gasteiger partial charge in [0.2, 0.25) is 0 Å². The van der Waals surface area contributed by atoms with Gasteiger partial charge >= 0.3 is 6.03 Å². The van der Waals surface area contributed by atoms with Gasteiger partial charge in [0, 0.05) is 17.1 Å². The number of aryl methyl sites for hydroxylation is 1. The number of nitrogens with zero attached hydrogens (tertiary/aromatic N) is 5. The fraction of sp³-hybridized carbons (Fsp3) is 0.167. The van der Waals surface area contributed by atoms with Crippen molar-refractivity contribution in [1.82, 2.24) is 19.9 Å². The van der Waals surface area contributed by atoms with E-state index in [1.807, 2.05) is 0 Å². The molecule has 0 atom stereocenters. The number of thiazole rings is 1. The molecule has 0 radical (unpaired) electrons. The largest absolute Gasteiger partial charge is 0.382 e. The van der Waals surface area contributed by atoms with E-state index in [1.54, 1.807) is 12.3 Å². The molecule has 10 nitrogen and oxygen atoms in total. The summed E-state index contributed by atoms with van der Waals surface area (Å²) in [5.74, 6) is -3.34. The third-order valence-corrected chi connectivity index (χ3v) is 6.00. The van der Waals surface area contributed by atoms with E-state index in [-0.39, 0.29) is 39.9 Å². The van der Waals surface area contributed by atoms with Gasteiger partial charge in [0.15, 0.2) is 11.6 Å². The van der Waals surface area contributed by atoms with Gasteiger partial charge in [-0.2, -0.15) is 0 Å². The zero-order chi connectivity index (χ0) is 27.1. The molecule has 0 bridgehead atoms. The third-order valence-electron chi connectivity index (χ3n) is 5.23. The number of rotatable bonds is 6. The summed E-state index contributed by atoms with van der Waals surface area (Å²) in [5.41, 5.74) is 8.94. The summed E-state index contributed by atoms with van der Waals surface area (Å²) in [4.78, 5) is 41.8. The molecule has 0 fully saturated rings. The maximum atomic E-state index is 15.9. The molecule has 0 aliphatic carbocycles. The summed E-state index contributed by atoms with van der Waals surface area (Å²) in [6.07, 6.45) is 1.32. The van der Waals surface area contributed by atoms with Crippen molar-refractivity contribution in [1.29, 1.82) is 0 Å². The van der Waals surface area contributed by atoms with Gasteiger partial charge in [0.05, 0.1) is 16.3 Å². The first-order valence-electron chi connectivity index (χ1n) is 10.8. The second kappa shape index (κ2) is 9.59. The zero-order valence-corrected chi connectivity index (χ0v) is 20.7. The van der Waals surface area contributed by atoms with E-state index in [1.165, 1.54) is 49.6 Å². The minimum atomic E-state index is -1.43. The van der Waals surface area contributed by atoms with Crippen molar-refractivity contribution < 1.29 is 23.5 Å². The number of amides is 3. The van der Waals surface area contributed by atoms with Gasteiger partial charge in [-0.05, 0) is 51.1 Å². The van der Waals surface area contributed by atoms with Crippen LogP contribution in [0.25, 0.3) is 22.6 Å². The van der Waals surface area contributed by atoms with E-state index in [2.05, 4.69) is 19.9 Å². The summed E-state index contributed by atoms with van der Waals surface area (Å²) in [7, 11) is 0. The number of halogens is 2. The maximum Gasteiger partial charge on any atom is 0.325 e. The van der Waals surface area contributed by atoms with Crippen molar-refractivity contribution in [2.45, 2.75) is 26.4 Å². The zero-order valence-electron chi connectivity index (χ0n) is 19.9. The number of aromatic nitrogens is 4. The summed E-state index contributed by atoms with van der Waals surface area (Å²) in [5, 5.41) is 12.5. The highest BCUT2D eigenvalue weighted by Crippen LogP contribution is 2.36. The fourth-order valence-electron chi connectivity index (χ4n) is 3.52. The topological polar surface area (TPSA) is 161 Å². The monoisotopic (exact) mass is 525 g/mol. The molecule has 4 aromatic rings. The number of nitrogens with two attached hydrogens (primary N) is 2. The Morgan fingerprint density at radius 1 is 1.03 bits per heavy atom. The lowest BCUT2D eigenvalue weighted by atomic mass is 10.1. The Hall–Kier alpha value is -4.36. The van der Waals surface area contributed by atoms with Crippen LogP contribution in [0.15, 0.2) is 41.9 Å². The van der Waals surface area contributed by atoms with E-state index in [9.17, 15) is 14.7 Å². The molecular formula is C24H21F2N7O3S. The SMILES string of the molecule is Cc1nc(-c2nc(N(C(N)=O)c3c(F)ccc(-c4ccnc(C(C)(C)O)n4)c3F)ccc2C(N)=O)cs1. The molecule has 1 aromatic carbocycles. The number of urea groups is 1. The first kappa shape index (κ1) is 25.7. The number of pyridine rings is 1. The minimum absolute atomic E-state index is 0.00621. The molecule has 0 saturated carbocycles. The summed E-state index contributed by atoms with van der Waals surface area (Å²) >= 11 is 1.29. The molecule has 0 saturated heterocycles. The van der Waals surface area contributed by atoms with Crippen LogP contribution in [0, 0.1) is 18.6 Å². The van der Waals surface area contributed by atoms with Crippen LogP contribution in [0.3, 0.4) is 0 Å². The molecule has 3 heterocycles. The van der Waals surface area contributed by atoms with Gasteiger partial charge in [-0.25, -0.2) is 38.4 Å². The first-order valence-corrected chi connectivity index (χ1v) is 11.6. The Morgan fingerprint density at radius 2 is 1.76 bits per heavy atom. The van der Waals surface area contributed by atoms with Crippen LogP contribution >= 0.6 is 11.3 Å². The van der Waals surface area contributed by atoms with Crippen LogP contribution in [0.4, 0.5) is 25.1 Å². The van der Waals surface area contributed by atoms with Crippen LogP contribution in [0.5, 0.6) is 0 Å². The van der Waals surface area contributed by atoms with Crippen LogP contribution < -0.4 is 16.4 Å². The summed E-state index contributed by atoms with van der Waals surface area (Å²) in [6, 6.07) is 4.66. The average Bonchev–Trinajstić information content (AvgIpc) is 3.26. The lowest BCUT2D eigenvalue weighted by Gasteiger charge is -2.23. The van der Waals surface area contributed by atoms with Crippen molar-refractivity contribution in [2.75, 3.05) is 4.90 Å². The Balaban J connectivity index is 1.91. The lowest BCUT2D eigenvalue weighted by molar-refractivity contribution is 0.0688. The number of carbonyl (C=O) groups excluding carboxylic acids is 2. The number of primary amides is 2. The van der Waals surface area contributed by atoms with E-state index in [4.69, 9.17) is 11.5 Å². The number of hydrogen-bond acceptors (Lipinski definition) is 8. The van der Waals surface area contributed by atoms with Crippen LogP contribution in [-0.2, 0) is 5.60 Å². The van der Waals surface area contributed by atoms with E-state index < -0.39 is 34.9 Å². The third kappa shape index (κ3) is 4.99. The average molecular weight is 526 g/mol. The Kier molecular flexibility index (Phi) is 6.67. The number of hydrogen-bond donors (Lipinski definition) is 3. The normalized spacial score (nSPS) is 11.4. The van der Waals surface area contributed by atoms with Gasteiger partial charge in [-0.1, -0.05) is 0 Å². The van der Waals surface area contributed by atoms with Gasteiger partial charge in [0.25, 0.3) is 5.91 Å². The van der Waals surface area contributed by atoms with Gasteiger partial charge in [-0.15, -0.1) is 11.3 Å². The van der Waals surface area contributed by atoms with Crippen LogP contribution in [0.1, 0.15) is 35.0 Å². The minimum Gasteiger partial charge on any atom is -0.382 e. The Bertz CT molecular complexity index is 1540. The number of benzene rings is 1. The second-order valence-corrected chi connectivity index (χ2v) is 9.50. The highest BCUT2D eigenvalue weighted by atomic mass is 32.1. The molecule has 3 aromatic heterocycles. The highest BCUT2D eigenvalue weighted by molar-refractivity contribution is 7.09. The quantitative estimate of drug-likeness (QED) is 0.345. The first-order chi connectivity index (χ1) is 17.4. The molecule has 4 rings (SSSR count). The molecule has 5 N–H and O–H groups in total. The predicted octanol–water partition coefficient (Wildman–Crippen LogP) is 3.79. The smallest absolute Gasteiger partial charge is 0.325 e. The highest BCUT2D eigenvalue weighted by Gasteiger charge is 2.29. The fourth-order valence-corrected chi connectivity index (χ4v) is 4.12. The lowest BCUT2D eigenvalue weighted by Crippen LogP contribution is -2.34. The van der Waals surface area contributed by atoms with Crippen molar-refractivity contribution in [3.05, 3.63) is 69.9 Å². The Morgan fingerprint density at radius 3 is 2.35 bits per heavy atom. The van der Waals surface area contributed by atoms with E-state index >= 15 is 8.78 Å². The predicted molar refractivity (Wildman–Crippen MR) is 133 cm³/mol. The van der Waals surface area contributed by atoms with Gasteiger partial charge in [0.1, 0.15) is 34.3 Å². The standard InChI is InChI=1S/C24H21F2N7O3S/c1-11-30-16(10-37-11)19-13(21(27)34)5-7-17(32-19)33(23(28)35)20-14(25)6-4-12(18(20)26)15-8-9-29-22(31-15)24(2,3)36/h4-10,36H,1-3H3,(H2,27,34)(H2,28,35). The molecule has 190 valence electrons. The molecular weight excluding hydrogens is 504 g/mol. The van der Waals surface area contributed by atoms with Gasteiger partial charge in [-0.3, -0.25) is 4.79 Å². The summed E-state index contributed by atoms with van der Waals surface area (Å²) in [6.45, 7) is 4.65. The number of aliphatic hydroxyl groups is 1. The summed E-state index contributed by atoms with van der Waals surface area (Å²) < 4.78 is 30.9. The molecule has 37 heavy (non-hydrogen) atoms. The maximum absolute atomic E-state index is 15.9. The molecule has 0 aliphatic rings. The molecule has 0 spiro atoms. The van der Waals surface area contributed by atoms with Crippen molar-refractivity contribution >= 4 is 34.8 Å². The van der Waals surface area contributed by atoms with Crippen LogP contribution in [0.2, 0.25) is 0 Å². The number of anilines is 2. The van der Waals surface area contributed by atoms with Gasteiger partial charge < -0.3 is 16.6 Å². The molecule has 13 heteroatoms. The van der Waals surface area contributed by atoms with Crippen molar-refractivity contribution in [2.24, 2.45) is 11.5 Å². The van der Waals surface area contributed by atoms with Crippen LogP contribution in [-0.4, -0.2) is 37.0 Å². The Labute approximate surface area is 213 Å². The number of carbonyl (C=O) groups is 2.